The molecule has 0 amide bonds. The fraction of sp³-hybridized carbons (Fsp3) is 0.500. The summed E-state index contributed by atoms with van der Waals surface area (Å²) in [6.07, 6.45) is 6.03. The molecule has 7 nitrogen and oxygen atoms in total. The normalized spacial score (nSPS) is 16.2. The monoisotopic (exact) mass is 348 g/mol. The number of fused-ring (bicyclic) bond motifs is 1. The second kappa shape index (κ2) is 6.40. The number of thioether (sulfide) groups is 1. The molecular weight excluding hydrogens is 332 g/mol. The predicted molar refractivity (Wildman–Crippen MR) is 89.7 cm³/mol. The van der Waals surface area contributed by atoms with Gasteiger partial charge in [-0.2, -0.15) is 0 Å². The van der Waals surface area contributed by atoms with Crippen LogP contribution in [0.15, 0.2) is 21.4 Å². The summed E-state index contributed by atoms with van der Waals surface area (Å²) in [5, 5.41) is 14.8. The van der Waals surface area contributed by atoms with Crippen molar-refractivity contribution in [3.8, 4) is 0 Å². The fourth-order valence-corrected chi connectivity index (χ4v) is 4.50. The number of rotatable bonds is 4. The van der Waals surface area contributed by atoms with E-state index in [9.17, 15) is 4.79 Å². The highest BCUT2D eigenvalue weighted by atomic mass is 32.2. The van der Waals surface area contributed by atoms with Gasteiger partial charge in [0.1, 0.15) is 10.5 Å². The number of nitrogens with zero attached hydrogens (tertiary/aromatic N) is 5. The number of hydrogen-bond donors (Lipinski definition) is 1. The zero-order valence-electron chi connectivity index (χ0n) is 12.4. The molecular formula is C14H16N6OS2. The molecule has 0 unspecified atom stereocenters. The van der Waals surface area contributed by atoms with Gasteiger partial charge in [0, 0.05) is 0 Å². The third kappa shape index (κ3) is 3.02. The molecule has 3 aromatic rings. The number of nitrogens with one attached hydrogen (secondary N) is 1. The molecule has 0 aliphatic heterocycles. The van der Waals surface area contributed by atoms with Crippen LogP contribution in [0, 0.1) is 0 Å². The van der Waals surface area contributed by atoms with Gasteiger partial charge in [-0.3, -0.25) is 4.79 Å². The molecule has 1 N–H and O–H groups in total. The fourth-order valence-electron chi connectivity index (χ4n) is 2.96. The third-order valence-corrected chi connectivity index (χ3v) is 5.93. The summed E-state index contributed by atoms with van der Waals surface area (Å²) in [5.41, 5.74) is 0.675. The van der Waals surface area contributed by atoms with Gasteiger partial charge in [0.15, 0.2) is 0 Å². The first-order chi connectivity index (χ1) is 11.3. The first-order valence-electron chi connectivity index (χ1n) is 7.68. The van der Waals surface area contributed by atoms with Crippen molar-refractivity contribution in [3.63, 3.8) is 0 Å². The maximum absolute atomic E-state index is 12.0. The molecule has 1 fully saturated rings. The minimum absolute atomic E-state index is 0.0764. The molecule has 23 heavy (non-hydrogen) atoms. The highest BCUT2D eigenvalue weighted by molar-refractivity contribution is 7.98. The average molecular weight is 348 g/mol. The summed E-state index contributed by atoms with van der Waals surface area (Å²) >= 11 is 2.93. The maximum Gasteiger partial charge on any atom is 0.268 e. The lowest BCUT2D eigenvalue weighted by Gasteiger charge is -2.21. The van der Waals surface area contributed by atoms with Crippen LogP contribution in [0.25, 0.3) is 10.2 Å². The van der Waals surface area contributed by atoms with Crippen molar-refractivity contribution in [3.05, 3.63) is 27.6 Å². The lowest BCUT2D eigenvalue weighted by molar-refractivity contribution is 0.307. The molecule has 0 atom stereocenters. The van der Waals surface area contributed by atoms with Gasteiger partial charge in [0.05, 0.1) is 17.3 Å². The third-order valence-electron chi connectivity index (χ3n) is 4.09. The minimum atomic E-state index is -0.0764. The van der Waals surface area contributed by atoms with Crippen molar-refractivity contribution in [1.29, 1.82) is 0 Å². The van der Waals surface area contributed by atoms with Gasteiger partial charge in [-0.15, -0.1) is 16.4 Å². The number of H-pyrrole nitrogens is 1. The van der Waals surface area contributed by atoms with E-state index in [1.807, 2.05) is 16.1 Å². The van der Waals surface area contributed by atoms with Crippen molar-refractivity contribution >= 4 is 33.3 Å². The Balaban J connectivity index is 1.52. The molecule has 1 aliphatic rings. The lowest BCUT2D eigenvalue weighted by Crippen LogP contribution is -2.15. The quantitative estimate of drug-likeness (QED) is 0.729. The van der Waals surface area contributed by atoms with E-state index in [0.717, 1.165) is 23.5 Å². The Morgan fingerprint density at radius 2 is 2.22 bits per heavy atom. The Morgan fingerprint density at radius 3 is 3.09 bits per heavy atom. The van der Waals surface area contributed by atoms with Crippen LogP contribution >= 0.6 is 23.1 Å². The Labute approximate surface area is 140 Å². The van der Waals surface area contributed by atoms with E-state index in [1.165, 1.54) is 42.4 Å². The molecule has 0 radical (unpaired) electrons. The van der Waals surface area contributed by atoms with E-state index in [1.54, 1.807) is 0 Å². The number of thiophene rings is 1. The van der Waals surface area contributed by atoms with Crippen molar-refractivity contribution in [1.82, 2.24) is 30.2 Å². The summed E-state index contributed by atoms with van der Waals surface area (Å²) in [7, 11) is 0. The molecule has 0 saturated heterocycles. The minimum Gasteiger partial charge on any atom is -0.309 e. The Morgan fingerprint density at radius 1 is 1.35 bits per heavy atom. The van der Waals surface area contributed by atoms with E-state index < -0.39 is 0 Å². The van der Waals surface area contributed by atoms with Crippen LogP contribution in [0.5, 0.6) is 0 Å². The van der Waals surface area contributed by atoms with Crippen molar-refractivity contribution in [2.75, 3.05) is 0 Å². The van der Waals surface area contributed by atoms with Crippen LogP contribution in [0.3, 0.4) is 0 Å². The van der Waals surface area contributed by atoms with Gasteiger partial charge in [-0.1, -0.05) is 31.0 Å². The highest BCUT2D eigenvalue weighted by Gasteiger charge is 2.20. The van der Waals surface area contributed by atoms with Gasteiger partial charge in [-0.05, 0) is 34.7 Å². The van der Waals surface area contributed by atoms with E-state index in [4.69, 9.17) is 0 Å². The van der Waals surface area contributed by atoms with Gasteiger partial charge < -0.3 is 4.98 Å². The molecule has 0 spiro atoms. The van der Waals surface area contributed by atoms with Crippen LogP contribution in [0.2, 0.25) is 0 Å². The predicted octanol–water partition coefficient (Wildman–Crippen LogP) is 2.77. The summed E-state index contributed by atoms with van der Waals surface area (Å²) < 4.78 is 2.61. The highest BCUT2D eigenvalue weighted by Crippen LogP contribution is 2.30. The molecule has 3 aromatic heterocycles. The standard InChI is InChI=1S/C14H16N6OS2/c21-13-12-10(6-7-22-12)15-11(16-13)8-23-14-17-18-19-20(14)9-4-2-1-3-5-9/h6-7,9H,1-5,8H2,(H,15,16,21). The summed E-state index contributed by atoms with van der Waals surface area (Å²) in [6.45, 7) is 0. The summed E-state index contributed by atoms with van der Waals surface area (Å²) in [6, 6.07) is 2.27. The molecule has 9 heteroatoms. The second-order valence-corrected chi connectivity index (χ2v) is 7.49. The molecule has 3 heterocycles. The Kier molecular flexibility index (Phi) is 4.13. The van der Waals surface area contributed by atoms with E-state index in [2.05, 4.69) is 25.5 Å². The van der Waals surface area contributed by atoms with Crippen LogP contribution in [0.4, 0.5) is 0 Å². The molecule has 0 bridgehead atoms. The Bertz CT molecular complexity index is 863. The zero-order chi connectivity index (χ0) is 15.6. The van der Waals surface area contributed by atoms with E-state index in [0.29, 0.717) is 22.3 Å². The summed E-state index contributed by atoms with van der Waals surface area (Å²) in [4.78, 5) is 19.3. The SMILES string of the molecule is O=c1[nH]c(CSc2nnnn2C2CCCCC2)nc2ccsc12. The van der Waals surface area contributed by atoms with Gasteiger partial charge >= 0.3 is 0 Å². The topological polar surface area (TPSA) is 89.4 Å². The first kappa shape index (κ1) is 14.8. The second-order valence-electron chi connectivity index (χ2n) is 5.63. The number of aromatic nitrogens is 6. The average Bonchev–Trinajstić information content (AvgIpc) is 3.23. The molecule has 120 valence electrons. The molecule has 0 aromatic carbocycles. The van der Waals surface area contributed by atoms with Gasteiger partial charge in [0.2, 0.25) is 5.16 Å². The van der Waals surface area contributed by atoms with E-state index in [-0.39, 0.29) is 5.56 Å². The largest absolute Gasteiger partial charge is 0.309 e. The van der Waals surface area contributed by atoms with Crippen molar-refractivity contribution in [2.24, 2.45) is 0 Å². The first-order valence-corrected chi connectivity index (χ1v) is 9.55. The summed E-state index contributed by atoms with van der Waals surface area (Å²) in [5.74, 6) is 1.21. The molecule has 1 aliphatic carbocycles. The maximum atomic E-state index is 12.0. The van der Waals surface area contributed by atoms with Gasteiger partial charge in [0.25, 0.3) is 5.56 Å². The Hall–Kier alpha value is -1.74. The van der Waals surface area contributed by atoms with Crippen molar-refractivity contribution in [2.45, 2.75) is 49.1 Å². The molecule has 4 rings (SSSR count). The lowest BCUT2D eigenvalue weighted by atomic mass is 9.96. The van der Waals surface area contributed by atoms with Gasteiger partial charge in [-0.25, -0.2) is 9.67 Å². The number of tetrazole rings is 1. The van der Waals surface area contributed by atoms with E-state index >= 15 is 0 Å². The number of hydrogen-bond acceptors (Lipinski definition) is 7. The smallest absolute Gasteiger partial charge is 0.268 e. The van der Waals surface area contributed by atoms with Crippen LogP contribution in [-0.4, -0.2) is 30.2 Å². The van der Waals surface area contributed by atoms with Crippen LogP contribution in [-0.2, 0) is 5.75 Å². The van der Waals surface area contributed by atoms with Crippen LogP contribution in [0.1, 0.15) is 44.0 Å². The number of aromatic amines is 1. The van der Waals surface area contributed by atoms with Crippen LogP contribution < -0.4 is 5.56 Å². The zero-order valence-corrected chi connectivity index (χ0v) is 14.1. The molecule has 1 saturated carbocycles. The van der Waals surface area contributed by atoms with Crippen molar-refractivity contribution < 1.29 is 0 Å².